The Hall–Kier alpha value is -3.47. The van der Waals surface area contributed by atoms with Crippen molar-refractivity contribution >= 4 is 11.8 Å². The number of hydrogen-bond acceptors (Lipinski definition) is 2. The molecule has 29 heavy (non-hydrogen) atoms. The Kier molecular flexibility index (Phi) is 5.12. The van der Waals surface area contributed by atoms with E-state index >= 15 is 0 Å². The van der Waals surface area contributed by atoms with Crippen LogP contribution in [0.4, 0.5) is 4.39 Å². The van der Waals surface area contributed by atoms with E-state index < -0.39 is 18.0 Å². The number of carbonyl (C=O) groups excluding carboxylic acids is 2. The predicted molar refractivity (Wildman–Crippen MR) is 108 cm³/mol. The minimum Gasteiger partial charge on any atom is -0.368 e. The fraction of sp³-hybridized carbons (Fsp3) is 0.167. The molecule has 5 heteroatoms. The van der Waals surface area contributed by atoms with Crippen molar-refractivity contribution in [2.75, 3.05) is 0 Å². The molecule has 4 nitrogen and oxygen atoms in total. The molecule has 2 unspecified atom stereocenters. The smallest absolute Gasteiger partial charge is 0.255 e. The molecular formula is C24H21FN2O2. The normalized spacial score (nSPS) is 16.1. The topological polar surface area (TPSA) is 63.4 Å². The summed E-state index contributed by atoms with van der Waals surface area (Å²) in [6.45, 7) is 0. The first-order valence-electron chi connectivity index (χ1n) is 9.57. The van der Waals surface area contributed by atoms with Crippen molar-refractivity contribution < 1.29 is 14.0 Å². The van der Waals surface area contributed by atoms with Crippen LogP contribution in [0.15, 0.2) is 78.9 Å². The Bertz CT molecular complexity index is 1040. The molecule has 0 aliphatic heterocycles. The lowest BCUT2D eigenvalue weighted by Gasteiger charge is -2.36. The molecule has 0 fully saturated rings. The van der Waals surface area contributed by atoms with Gasteiger partial charge in [0.2, 0.25) is 5.91 Å². The van der Waals surface area contributed by atoms with Crippen molar-refractivity contribution in [1.29, 1.82) is 0 Å². The zero-order chi connectivity index (χ0) is 20.4. The van der Waals surface area contributed by atoms with Crippen LogP contribution in [0.3, 0.4) is 0 Å². The average Bonchev–Trinajstić information content (AvgIpc) is 3.17. The van der Waals surface area contributed by atoms with Crippen LogP contribution >= 0.6 is 0 Å². The van der Waals surface area contributed by atoms with E-state index in [1.54, 1.807) is 54.6 Å². The molecule has 2 N–H and O–H groups in total. The molecule has 3 aromatic rings. The van der Waals surface area contributed by atoms with Gasteiger partial charge in [-0.15, -0.1) is 0 Å². The van der Waals surface area contributed by atoms with Gasteiger partial charge in [0, 0.05) is 5.56 Å². The maximum absolute atomic E-state index is 14.3. The number of halogens is 1. The molecule has 0 aromatic heterocycles. The molecule has 0 radical (unpaired) electrons. The monoisotopic (exact) mass is 388 g/mol. The van der Waals surface area contributed by atoms with Crippen LogP contribution in [0.1, 0.15) is 45.6 Å². The molecule has 4 rings (SSSR count). The van der Waals surface area contributed by atoms with Gasteiger partial charge in [0.25, 0.3) is 5.91 Å². The molecule has 0 saturated heterocycles. The van der Waals surface area contributed by atoms with E-state index in [-0.39, 0.29) is 11.7 Å². The molecule has 2 amide bonds. The summed E-state index contributed by atoms with van der Waals surface area (Å²) in [6.07, 6.45) is 1.04. The molecule has 0 saturated carbocycles. The number of nitrogens with zero attached hydrogens (tertiary/aromatic N) is 1. The van der Waals surface area contributed by atoms with E-state index in [4.69, 9.17) is 5.73 Å². The van der Waals surface area contributed by atoms with E-state index in [1.165, 1.54) is 11.0 Å². The lowest BCUT2D eigenvalue weighted by atomic mass is 9.98. The zero-order valence-electron chi connectivity index (χ0n) is 15.8. The Morgan fingerprint density at radius 1 is 0.931 bits per heavy atom. The van der Waals surface area contributed by atoms with Gasteiger partial charge in [-0.2, -0.15) is 0 Å². The summed E-state index contributed by atoms with van der Waals surface area (Å²) in [5, 5.41) is 0. The highest BCUT2D eigenvalue weighted by Gasteiger charge is 2.39. The highest BCUT2D eigenvalue weighted by atomic mass is 19.1. The Morgan fingerprint density at radius 3 is 2.24 bits per heavy atom. The summed E-state index contributed by atoms with van der Waals surface area (Å²) in [6, 6.07) is 21.3. The van der Waals surface area contributed by atoms with Crippen LogP contribution < -0.4 is 5.73 Å². The number of amides is 2. The summed E-state index contributed by atoms with van der Waals surface area (Å²) in [5.74, 6) is -1.21. The average molecular weight is 388 g/mol. The lowest BCUT2D eigenvalue weighted by molar-refractivity contribution is -0.123. The number of nitrogens with two attached hydrogens (primary N) is 1. The number of carbonyl (C=O) groups is 2. The van der Waals surface area contributed by atoms with Gasteiger partial charge in [-0.1, -0.05) is 60.7 Å². The highest BCUT2D eigenvalue weighted by Crippen LogP contribution is 2.41. The first kappa shape index (κ1) is 18.9. The molecule has 0 heterocycles. The highest BCUT2D eigenvalue weighted by molar-refractivity contribution is 5.98. The third-order valence-electron chi connectivity index (χ3n) is 5.44. The standard InChI is InChI=1S/C24H21FN2O2/c25-20-13-7-12-19-18(20)14-15-21(19)27(24(29)17-10-5-2-6-11-17)22(23(26)28)16-8-3-1-4-9-16/h1-13,21-22H,14-15H2,(H2,26,28). The third kappa shape index (κ3) is 3.51. The van der Waals surface area contributed by atoms with E-state index in [0.29, 0.717) is 29.5 Å². The van der Waals surface area contributed by atoms with Gasteiger partial charge in [-0.25, -0.2) is 4.39 Å². The van der Waals surface area contributed by atoms with Crippen molar-refractivity contribution in [3.8, 4) is 0 Å². The quantitative estimate of drug-likeness (QED) is 0.713. The number of rotatable bonds is 5. The summed E-state index contributed by atoms with van der Waals surface area (Å²) in [7, 11) is 0. The van der Waals surface area contributed by atoms with Gasteiger partial charge in [0.05, 0.1) is 6.04 Å². The third-order valence-corrected chi connectivity index (χ3v) is 5.44. The Balaban J connectivity index is 1.86. The van der Waals surface area contributed by atoms with Crippen LogP contribution in [0.2, 0.25) is 0 Å². The second-order valence-corrected chi connectivity index (χ2v) is 7.16. The Labute approximate surface area is 168 Å². The van der Waals surface area contributed by atoms with Crippen molar-refractivity contribution in [3.63, 3.8) is 0 Å². The van der Waals surface area contributed by atoms with Crippen LogP contribution in [0.5, 0.6) is 0 Å². The van der Waals surface area contributed by atoms with Crippen molar-refractivity contribution in [3.05, 3.63) is 107 Å². The molecule has 146 valence electrons. The van der Waals surface area contributed by atoms with Crippen molar-refractivity contribution in [2.45, 2.75) is 24.9 Å². The van der Waals surface area contributed by atoms with Crippen LogP contribution in [-0.4, -0.2) is 16.7 Å². The SMILES string of the molecule is NC(=O)C(c1ccccc1)N(C(=O)c1ccccc1)C1CCc2c(F)cccc21. The molecule has 0 spiro atoms. The summed E-state index contributed by atoms with van der Waals surface area (Å²) in [4.78, 5) is 27.7. The maximum atomic E-state index is 14.3. The predicted octanol–water partition coefficient (Wildman–Crippen LogP) is 4.18. The van der Waals surface area contributed by atoms with Gasteiger partial charge >= 0.3 is 0 Å². The van der Waals surface area contributed by atoms with Crippen molar-refractivity contribution in [2.24, 2.45) is 5.73 Å². The van der Waals surface area contributed by atoms with Crippen LogP contribution in [0.25, 0.3) is 0 Å². The van der Waals surface area contributed by atoms with E-state index in [2.05, 4.69) is 0 Å². The molecule has 1 aliphatic rings. The first-order chi connectivity index (χ1) is 14.1. The number of hydrogen-bond donors (Lipinski definition) is 1. The number of fused-ring (bicyclic) bond motifs is 1. The zero-order valence-corrected chi connectivity index (χ0v) is 15.8. The molecule has 1 aliphatic carbocycles. The van der Waals surface area contributed by atoms with E-state index in [1.807, 2.05) is 18.2 Å². The van der Waals surface area contributed by atoms with E-state index in [0.717, 1.165) is 5.56 Å². The molecule has 0 bridgehead atoms. The van der Waals surface area contributed by atoms with Crippen LogP contribution in [0, 0.1) is 5.82 Å². The van der Waals surface area contributed by atoms with Gasteiger partial charge in [-0.05, 0) is 47.7 Å². The lowest BCUT2D eigenvalue weighted by Crippen LogP contribution is -2.43. The summed E-state index contributed by atoms with van der Waals surface area (Å²) in [5.41, 5.74) is 8.22. The first-order valence-corrected chi connectivity index (χ1v) is 9.57. The minimum absolute atomic E-state index is 0.285. The van der Waals surface area contributed by atoms with Gasteiger partial charge in [0.1, 0.15) is 11.9 Å². The van der Waals surface area contributed by atoms with Gasteiger partial charge < -0.3 is 10.6 Å². The van der Waals surface area contributed by atoms with E-state index in [9.17, 15) is 14.0 Å². The number of primary amides is 1. The van der Waals surface area contributed by atoms with Crippen LogP contribution in [-0.2, 0) is 11.2 Å². The second kappa shape index (κ2) is 7.87. The minimum atomic E-state index is -0.955. The molecule has 3 aromatic carbocycles. The maximum Gasteiger partial charge on any atom is 0.255 e. The van der Waals surface area contributed by atoms with Gasteiger partial charge in [0.15, 0.2) is 0 Å². The van der Waals surface area contributed by atoms with Crippen molar-refractivity contribution in [1.82, 2.24) is 4.90 Å². The molecule has 2 atom stereocenters. The summed E-state index contributed by atoms with van der Waals surface area (Å²) >= 11 is 0. The second-order valence-electron chi connectivity index (χ2n) is 7.16. The fourth-order valence-corrected chi connectivity index (χ4v) is 4.14. The van der Waals surface area contributed by atoms with Gasteiger partial charge in [-0.3, -0.25) is 9.59 Å². The fourth-order valence-electron chi connectivity index (χ4n) is 4.14. The summed E-state index contributed by atoms with van der Waals surface area (Å²) < 4.78 is 14.3. The number of benzene rings is 3. The largest absolute Gasteiger partial charge is 0.368 e. The molecular weight excluding hydrogens is 367 g/mol. The Morgan fingerprint density at radius 2 is 1.59 bits per heavy atom.